The van der Waals surface area contributed by atoms with E-state index in [0.717, 1.165) is 16.7 Å². The fraction of sp³-hybridized carbons (Fsp3) is 0.333. The van der Waals surface area contributed by atoms with Gasteiger partial charge in [0.05, 0.1) is 6.61 Å². The molecule has 60 valence electrons. The zero-order valence-corrected chi connectivity index (χ0v) is 7.44. The summed E-state index contributed by atoms with van der Waals surface area (Å²) in [4.78, 5) is 0. The first-order valence-corrected chi connectivity index (χ1v) is 3.90. The molecule has 0 heterocycles. The Bertz CT molecular complexity index is 269. The summed E-state index contributed by atoms with van der Waals surface area (Å²) in [5.74, 6) is 0. The molecule has 0 aliphatic heterocycles. The molecule has 1 aromatic rings. The van der Waals surface area contributed by atoms with Crippen LogP contribution in [0.2, 0.25) is 5.02 Å². The van der Waals surface area contributed by atoms with E-state index in [4.69, 9.17) is 16.7 Å². The molecule has 0 saturated heterocycles. The van der Waals surface area contributed by atoms with Crippen LogP contribution in [-0.2, 0) is 6.61 Å². The fourth-order valence-corrected chi connectivity index (χ4v) is 1.30. The Labute approximate surface area is 71.6 Å². The van der Waals surface area contributed by atoms with Crippen molar-refractivity contribution < 1.29 is 5.11 Å². The molecule has 0 aliphatic carbocycles. The second-order valence-electron chi connectivity index (χ2n) is 2.65. The van der Waals surface area contributed by atoms with Gasteiger partial charge in [-0.25, -0.2) is 0 Å². The number of aryl methyl sites for hydroxylation is 2. The van der Waals surface area contributed by atoms with Crippen LogP contribution < -0.4 is 0 Å². The largest absolute Gasteiger partial charge is 0.392 e. The van der Waals surface area contributed by atoms with Crippen molar-refractivity contribution in [1.82, 2.24) is 0 Å². The lowest BCUT2D eigenvalue weighted by Crippen LogP contribution is -1.91. The molecular weight excluding hydrogens is 160 g/mol. The zero-order chi connectivity index (χ0) is 8.43. The van der Waals surface area contributed by atoms with Gasteiger partial charge in [-0.3, -0.25) is 0 Å². The molecule has 0 spiro atoms. The minimum atomic E-state index is 0.0202. The van der Waals surface area contributed by atoms with Crippen molar-refractivity contribution >= 4 is 11.6 Å². The predicted octanol–water partition coefficient (Wildman–Crippen LogP) is 2.45. The number of hydrogen-bond acceptors (Lipinski definition) is 1. The third kappa shape index (κ3) is 1.55. The third-order valence-electron chi connectivity index (χ3n) is 1.83. The molecule has 0 unspecified atom stereocenters. The first kappa shape index (κ1) is 8.57. The highest BCUT2D eigenvalue weighted by Gasteiger charge is 2.04. The van der Waals surface area contributed by atoms with E-state index in [9.17, 15) is 0 Å². The SMILES string of the molecule is Cc1ccc(C)c(CO)c1Cl. The van der Waals surface area contributed by atoms with Gasteiger partial charge in [0.25, 0.3) is 0 Å². The summed E-state index contributed by atoms with van der Waals surface area (Å²) in [6.45, 7) is 3.89. The van der Waals surface area contributed by atoms with E-state index in [0.29, 0.717) is 5.02 Å². The normalized spacial score (nSPS) is 10.2. The number of rotatable bonds is 1. The molecule has 0 atom stereocenters. The van der Waals surface area contributed by atoms with Crippen molar-refractivity contribution in [3.8, 4) is 0 Å². The van der Waals surface area contributed by atoms with Crippen LogP contribution in [0.15, 0.2) is 12.1 Å². The molecule has 0 saturated carbocycles. The van der Waals surface area contributed by atoms with Gasteiger partial charge in [0, 0.05) is 5.02 Å². The highest BCUT2D eigenvalue weighted by molar-refractivity contribution is 6.32. The highest BCUT2D eigenvalue weighted by Crippen LogP contribution is 2.23. The maximum absolute atomic E-state index is 8.94. The van der Waals surface area contributed by atoms with Crippen molar-refractivity contribution in [2.24, 2.45) is 0 Å². The van der Waals surface area contributed by atoms with Crippen LogP contribution in [0.25, 0.3) is 0 Å². The van der Waals surface area contributed by atoms with E-state index < -0.39 is 0 Å². The molecule has 0 radical (unpaired) electrons. The van der Waals surface area contributed by atoms with E-state index in [-0.39, 0.29) is 6.61 Å². The Kier molecular flexibility index (Phi) is 2.53. The molecular formula is C9H11ClO. The number of aliphatic hydroxyl groups is 1. The van der Waals surface area contributed by atoms with E-state index in [2.05, 4.69) is 0 Å². The van der Waals surface area contributed by atoms with Crippen LogP contribution in [-0.4, -0.2) is 5.11 Å². The first-order valence-electron chi connectivity index (χ1n) is 3.52. The number of halogens is 1. The molecule has 0 fully saturated rings. The van der Waals surface area contributed by atoms with Crippen LogP contribution >= 0.6 is 11.6 Å². The van der Waals surface area contributed by atoms with Crippen LogP contribution in [0, 0.1) is 13.8 Å². The van der Waals surface area contributed by atoms with Gasteiger partial charge in [0.15, 0.2) is 0 Å². The second kappa shape index (κ2) is 3.24. The number of benzene rings is 1. The van der Waals surface area contributed by atoms with Gasteiger partial charge >= 0.3 is 0 Å². The van der Waals surface area contributed by atoms with Gasteiger partial charge in [-0.1, -0.05) is 23.7 Å². The van der Waals surface area contributed by atoms with Gasteiger partial charge < -0.3 is 5.11 Å². The smallest absolute Gasteiger partial charge is 0.0699 e. The summed E-state index contributed by atoms with van der Waals surface area (Å²) in [5, 5.41) is 9.63. The monoisotopic (exact) mass is 170 g/mol. The first-order chi connectivity index (χ1) is 5.16. The average molecular weight is 171 g/mol. The van der Waals surface area contributed by atoms with Crippen LogP contribution in [0.5, 0.6) is 0 Å². The lowest BCUT2D eigenvalue weighted by atomic mass is 10.1. The Morgan fingerprint density at radius 1 is 1.27 bits per heavy atom. The second-order valence-corrected chi connectivity index (χ2v) is 3.03. The van der Waals surface area contributed by atoms with Crippen molar-refractivity contribution in [3.05, 3.63) is 33.8 Å². The Hall–Kier alpha value is -0.530. The number of hydrogen-bond donors (Lipinski definition) is 1. The maximum Gasteiger partial charge on any atom is 0.0699 e. The molecule has 2 heteroatoms. The number of aliphatic hydroxyl groups excluding tert-OH is 1. The standard InChI is InChI=1S/C9H11ClO/c1-6-3-4-7(2)9(10)8(6)5-11/h3-4,11H,5H2,1-2H3. The van der Waals surface area contributed by atoms with E-state index in [1.807, 2.05) is 26.0 Å². The lowest BCUT2D eigenvalue weighted by Gasteiger charge is -2.06. The Morgan fingerprint density at radius 3 is 2.27 bits per heavy atom. The summed E-state index contributed by atoms with van der Waals surface area (Å²) in [7, 11) is 0. The molecule has 0 aromatic heterocycles. The van der Waals surface area contributed by atoms with Crippen LogP contribution in [0.4, 0.5) is 0 Å². The van der Waals surface area contributed by atoms with Gasteiger partial charge in [0.2, 0.25) is 0 Å². The third-order valence-corrected chi connectivity index (χ3v) is 2.35. The van der Waals surface area contributed by atoms with Crippen molar-refractivity contribution in [2.45, 2.75) is 20.5 Å². The quantitative estimate of drug-likeness (QED) is 0.687. The van der Waals surface area contributed by atoms with Crippen molar-refractivity contribution in [1.29, 1.82) is 0 Å². The maximum atomic E-state index is 8.94. The topological polar surface area (TPSA) is 20.2 Å². The highest BCUT2D eigenvalue weighted by atomic mass is 35.5. The van der Waals surface area contributed by atoms with Crippen molar-refractivity contribution in [3.63, 3.8) is 0 Å². The molecule has 0 amide bonds. The van der Waals surface area contributed by atoms with Gasteiger partial charge in [-0.15, -0.1) is 0 Å². The molecule has 1 rings (SSSR count). The summed E-state index contributed by atoms with van der Waals surface area (Å²) in [5.41, 5.74) is 2.90. The predicted molar refractivity (Wildman–Crippen MR) is 46.8 cm³/mol. The molecule has 1 N–H and O–H groups in total. The molecule has 11 heavy (non-hydrogen) atoms. The fourth-order valence-electron chi connectivity index (χ4n) is 1.03. The molecule has 1 aromatic carbocycles. The molecule has 1 nitrogen and oxygen atoms in total. The van der Waals surface area contributed by atoms with Gasteiger partial charge in [0.1, 0.15) is 0 Å². The van der Waals surface area contributed by atoms with E-state index >= 15 is 0 Å². The zero-order valence-electron chi connectivity index (χ0n) is 6.69. The lowest BCUT2D eigenvalue weighted by molar-refractivity contribution is 0.281. The van der Waals surface area contributed by atoms with Crippen LogP contribution in [0.1, 0.15) is 16.7 Å². The van der Waals surface area contributed by atoms with Crippen molar-refractivity contribution in [2.75, 3.05) is 0 Å². The average Bonchev–Trinajstić information content (AvgIpc) is 1.99. The Balaban J connectivity index is 3.29. The summed E-state index contributed by atoms with van der Waals surface area (Å²) in [6.07, 6.45) is 0. The van der Waals surface area contributed by atoms with Gasteiger partial charge in [-0.2, -0.15) is 0 Å². The Morgan fingerprint density at radius 2 is 1.82 bits per heavy atom. The minimum absolute atomic E-state index is 0.0202. The minimum Gasteiger partial charge on any atom is -0.392 e. The van der Waals surface area contributed by atoms with Crippen LogP contribution in [0.3, 0.4) is 0 Å². The summed E-state index contributed by atoms with van der Waals surface area (Å²) >= 11 is 5.94. The van der Waals surface area contributed by atoms with Gasteiger partial charge in [-0.05, 0) is 30.5 Å². The molecule has 0 bridgehead atoms. The molecule has 0 aliphatic rings. The van der Waals surface area contributed by atoms with E-state index in [1.54, 1.807) is 0 Å². The van der Waals surface area contributed by atoms with E-state index in [1.165, 1.54) is 0 Å². The summed E-state index contributed by atoms with van der Waals surface area (Å²) in [6, 6.07) is 3.92. The summed E-state index contributed by atoms with van der Waals surface area (Å²) < 4.78 is 0.